The lowest BCUT2D eigenvalue weighted by molar-refractivity contribution is 0.545. The highest BCUT2D eigenvalue weighted by molar-refractivity contribution is 6.30. The average molecular weight is 280 g/mol. The third kappa shape index (κ3) is 3.23. The number of anilines is 1. The molecule has 0 aromatic carbocycles. The monoisotopic (exact) mass is 279 g/mol. The molecule has 0 unspecified atom stereocenters. The number of nitrogens with zero attached hydrogens (tertiary/aromatic N) is 3. The fourth-order valence-corrected chi connectivity index (χ4v) is 1.73. The highest BCUT2D eigenvalue weighted by atomic mass is 35.5. The molecule has 6 heteroatoms. The Morgan fingerprint density at radius 2 is 2.05 bits per heavy atom. The lowest BCUT2D eigenvalue weighted by Crippen LogP contribution is -2.18. The molecular formula is C13H18ClN5. The van der Waals surface area contributed by atoms with Crippen molar-refractivity contribution >= 4 is 17.4 Å². The number of aromatic nitrogens is 4. The minimum Gasteiger partial charge on any atom is -0.364 e. The molecule has 0 fully saturated rings. The Bertz CT molecular complexity index is 557. The van der Waals surface area contributed by atoms with E-state index in [9.17, 15) is 0 Å². The summed E-state index contributed by atoms with van der Waals surface area (Å²) in [5, 5.41) is 10.6. The zero-order valence-electron chi connectivity index (χ0n) is 11.6. The lowest BCUT2D eigenvalue weighted by Gasteiger charge is -2.19. The first-order chi connectivity index (χ1) is 8.88. The van der Waals surface area contributed by atoms with Gasteiger partial charge < -0.3 is 5.32 Å². The molecule has 0 radical (unpaired) electrons. The van der Waals surface area contributed by atoms with E-state index in [0.29, 0.717) is 11.7 Å². The maximum absolute atomic E-state index is 6.17. The highest BCUT2D eigenvalue weighted by Gasteiger charge is 2.20. The normalized spacial score (nSPS) is 11.6. The van der Waals surface area contributed by atoms with Crippen LogP contribution in [0, 0.1) is 6.92 Å². The Morgan fingerprint density at radius 3 is 2.63 bits per heavy atom. The first kappa shape index (κ1) is 13.8. The standard InChI is InChI=1S/C13H18ClN5/c1-8-10(14)17-12(13(2,3)4)18-11(8)15-7-9-5-6-16-19-9/h5-6H,7H2,1-4H3,(H,16,19)(H,15,17,18). The van der Waals surface area contributed by atoms with Gasteiger partial charge in [0.15, 0.2) is 0 Å². The molecule has 0 amide bonds. The van der Waals surface area contributed by atoms with Crippen LogP contribution in [0.5, 0.6) is 0 Å². The molecule has 0 atom stereocenters. The van der Waals surface area contributed by atoms with Crippen molar-refractivity contribution in [3.63, 3.8) is 0 Å². The van der Waals surface area contributed by atoms with Crippen LogP contribution in [0.15, 0.2) is 12.3 Å². The van der Waals surface area contributed by atoms with E-state index >= 15 is 0 Å². The maximum Gasteiger partial charge on any atom is 0.137 e. The molecule has 2 heterocycles. The molecule has 2 aromatic rings. The molecule has 0 saturated carbocycles. The third-order valence-electron chi connectivity index (χ3n) is 2.76. The predicted octanol–water partition coefficient (Wildman–Crippen LogP) is 3.07. The van der Waals surface area contributed by atoms with Crippen molar-refractivity contribution in [2.45, 2.75) is 39.7 Å². The maximum atomic E-state index is 6.17. The molecular weight excluding hydrogens is 262 g/mol. The van der Waals surface area contributed by atoms with Crippen molar-refractivity contribution in [3.8, 4) is 0 Å². The zero-order chi connectivity index (χ0) is 14.0. The highest BCUT2D eigenvalue weighted by Crippen LogP contribution is 2.26. The summed E-state index contributed by atoms with van der Waals surface area (Å²) in [5.41, 5.74) is 1.71. The third-order valence-corrected chi connectivity index (χ3v) is 3.13. The second-order valence-electron chi connectivity index (χ2n) is 5.50. The van der Waals surface area contributed by atoms with Gasteiger partial charge in [0, 0.05) is 17.2 Å². The molecule has 0 aliphatic carbocycles. The number of nitrogens with one attached hydrogen (secondary N) is 2. The van der Waals surface area contributed by atoms with E-state index in [1.54, 1.807) is 6.20 Å². The van der Waals surface area contributed by atoms with Gasteiger partial charge in [-0.3, -0.25) is 5.10 Å². The molecule has 19 heavy (non-hydrogen) atoms. The molecule has 2 rings (SSSR count). The van der Waals surface area contributed by atoms with Crippen LogP contribution in [0.25, 0.3) is 0 Å². The number of halogens is 1. The van der Waals surface area contributed by atoms with Crippen LogP contribution < -0.4 is 5.32 Å². The summed E-state index contributed by atoms with van der Waals surface area (Å²) in [5.74, 6) is 1.50. The van der Waals surface area contributed by atoms with E-state index in [0.717, 1.165) is 22.9 Å². The van der Waals surface area contributed by atoms with Gasteiger partial charge in [0.2, 0.25) is 0 Å². The summed E-state index contributed by atoms with van der Waals surface area (Å²) in [6, 6.07) is 1.91. The predicted molar refractivity (Wildman–Crippen MR) is 76.4 cm³/mol. The molecule has 102 valence electrons. The molecule has 0 spiro atoms. The summed E-state index contributed by atoms with van der Waals surface area (Å²) in [7, 11) is 0. The van der Waals surface area contributed by atoms with E-state index < -0.39 is 0 Å². The molecule has 0 aliphatic heterocycles. The van der Waals surface area contributed by atoms with Crippen LogP contribution in [0.3, 0.4) is 0 Å². The number of H-pyrrole nitrogens is 1. The quantitative estimate of drug-likeness (QED) is 0.848. The first-order valence-electron chi connectivity index (χ1n) is 6.14. The van der Waals surface area contributed by atoms with E-state index in [1.807, 2.05) is 13.0 Å². The van der Waals surface area contributed by atoms with Crippen molar-refractivity contribution in [1.29, 1.82) is 0 Å². The van der Waals surface area contributed by atoms with Crippen LogP contribution in [0.2, 0.25) is 5.15 Å². The van der Waals surface area contributed by atoms with Crippen molar-refractivity contribution in [2.24, 2.45) is 0 Å². The minimum atomic E-state index is -0.137. The van der Waals surface area contributed by atoms with Crippen LogP contribution in [-0.4, -0.2) is 20.2 Å². The van der Waals surface area contributed by atoms with Crippen molar-refractivity contribution in [1.82, 2.24) is 20.2 Å². The van der Waals surface area contributed by atoms with E-state index in [2.05, 4.69) is 46.3 Å². The Morgan fingerprint density at radius 1 is 1.32 bits per heavy atom. The van der Waals surface area contributed by atoms with Crippen LogP contribution in [0.1, 0.15) is 37.9 Å². The van der Waals surface area contributed by atoms with Gasteiger partial charge in [-0.2, -0.15) is 5.10 Å². The Kier molecular flexibility index (Phi) is 3.75. The second-order valence-corrected chi connectivity index (χ2v) is 5.86. The van der Waals surface area contributed by atoms with Crippen molar-refractivity contribution in [2.75, 3.05) is 5.32 Å². The molecule has 2 N–H and O–H groups in total. The second kappa shape index (κ2) is 5.17. The fourth-order valence-electron chi connectivity index (χ4n) is 1.56. The van der Waals surface area contributed by atoms with Gasteiger partial charge in [-0.05, 0) is 13.0 Å². The smallest absolute Gasteiger partial charge is 0.137 e. The van der Waals surface area contributed by atoms with Gasteiger partial charge in [-0.25, -0.2) is 9.97 Å². The van der Waals surface area contributed by atoms with Crippen molar-refractivity contribution < 1.29 is 0 Å². The zero-order valence-corrected chi connectivity index (χ0v) is 12.3. The van der Waals surface area contributed by atoms with Gasteiger partial charge >= 0.3 is 0 Å². The Balaban J connectivity index is 2.26. The minimum absolute atomic E-state index is 0.137. The molecule has 0 saturated heterocycles. The van der Waals surface area contributed by atoms with Gasteiger partial charge in [0.25, 0.3) is 0 Å². The average Bonchev–Trinajstić information content (AvgIpc) is 2.82. The van der Waals surface area contributed by atoms with E-state index in [-0.39, 0.29) is 5.41 Å². The Hall–Kier alpha value is -1.62. The summed E-state index contributed by atoms with van der Waals surface area (Å²) in [6.45, 7) is 8.72. The van der Waals surface area contributed by atoms with Crippen molar-refractivity contribution in [3.05, 3.63) is 34.5 Å². The molecule has 2 aromatic heterocycles. The fraction of sp³-hybridized carbons (Fsp3) is 0.462. The number of hydrogen-bond donors (Lipinski definition) is 2. The SMILES string of the molecule is Cc1c(Cl)nc(C(C)(C)C)nc1NCc1ccn[nH]1. The van der Waals surface area contributed by atoms with Crippen LogP contribution in [0.4, 0.5) is 5.82 Å². The van der Waals surface area contributed by atoms with Crippen LogP contribution in [-0.2, 0) is 12.0 Å². The topological polar surface area (TPSA) is 66.5 Å². The first-order valence-corrected chi connectivity index (χ1v) is 6.52. The van der Waals surface area contributed by atoms with Gasteiger partial charge in [0.05, 0.1) is 12.2 Å². The summed E-state index contributed by atoms with van der Waals surface area (Å²) >= 11 is 6.17. The molecule has 5 nitrogen and oxygen atoms in total. The van der Waals surface area contributed by atoms with E-state index in [4.69, 9.17) is 11.6 Å². The number of rotatable bonds is 3. The number of aromatic amines is 1. The van der Waals surface area contributed by atoms with Gasteiger partial charge in [-0.1, -0.05) is 32.4 Å². The van der Waals surface area contributed by atoms with Gasteiger partial charge in [-0.15, -0.1) is 0 Å². The largest absolute Gasteiger partial charge is 0.364 e. The lowest BCUT2D eigenvalue weighted by atomic mass is 9.95. The number of hydrogen-bond acceptors (Lipinski definition) is 4. The van der Waals surface area contributed by atoms with E-state index in [1.165, 1.54) is 0 Å². The van der Waals surface area contributed by atoms with Gasteiger partial charge in [0.1, 0.15) is 16.8 Å². The summed E-state index contributed by atoms with van der Waals surface area (Å²) < 4.78 is 0. The molecule has 0 aliphatic rings. The Labute approximate surface area is 117 Å². The summed E-state index contributed by atoms with van der Waals surface area (Å²) in [4.78, 5) is 8.91. The molecule has 0 bridgehead atoms. The van der Waals surface area contributed by atoms with Crippen LogP contribution >= 0.6 is 11.6 Å². The summed E-state index contributed by atoms with van der Waals surface area (Å²) in [6.07, 6.45) is 1.72.